The number of aromatic nitrogens is 1. The van der Waals surface area contributed by atoms with Gasteiger partial charge in [-0.1, -0.05) is 18.2 Å². The molecule has 0 spiro atoms. The van der Waals surface area contributed by atoms with Crippen molar-refractivity contribution in [3.63, 3.8) is 0 Å². The topological polar surface area (TPSA) is 62.4 Å². The molecular formula is C18H20N2O3. The lowest BCUT2D eigenvalue weighted by molar-refractivity contribution is 0.0781. The summed E-state index contributed by atoms with van der Waals surface area (Å²) in [6.07, 6.45) is 1.92. The Balaban J connectivity index is 1.61. The van der Waals surface area contributed by atoms with Crippen LogP contribution in [0.25, 0.3) is 0 Å². The first-order chi connectivity index (χ1) is 11.2. The number of aromatic amines is 1. The van der Waals surface area contributed by atoms with Crippen molar-refractivity contribution in [2.75, 3.05) is 20.2 Å². The molecule has 1 N–H and O–H groups in total. The van der Waals surface area contributed by atoms with E-state index in [1.54, 1.807) is 19.2 Å². The first-order valence-electron chi connectivity index (χ1n) is 7.77. The predicted molar refractivity (Wildman–Crippen MR) is 87.8 cm³/mol. The maximum Gasteiger partial charge on any atom is 0.270 e. The molecule has 0 bridgehead atoms. The Morgan fingerprint density at radius 1 is 1.26 bits per heavy atom. The van der Waals surface area contributed by atoms with Gasteiger partial charge in [0.25, 0.3) is 5.91 Å². The summed E-state index contributed by atoms with van der Waals surface area (Å²) in [6, 6.07) is 12.7. The monoisotopic (exact) mass is 312 g/mol. The van der Waals surface area contributed by atoms with Gasteiger partial charge in [0.15, 0.2) is 0 Å². The summed E-state index contributed by atoms with van der Waals surface area (Å²) in [5, 5.41) is 0. The van der Waals surface area contributed by atoms with Gasteiger partial charge in [0.05, 0.1) is 7.11 Å². The molecule has 5 nitrogen and oxygen atoms in total. The third-order valence-electron chi connectivity index (χ3n) is 4.26. The van der Waals surface area contributed by atoms with Crippen molar-refractivity contribution < 1.29 is 9.53 Å². The minimum atomic E-state index is -0.246. The molecular weight excluding hydrogens is 292 g/mol. The fraction of sp³-hybridized carbons (Fsp3) is 0.333. The molecule has 1 saturated heterocycles. The van der Waals surface area contributed by atoms with Gasteiger partial charge in [-0.05, 0) is 42.5 Å². The predicted octanol–water partition coefficient (Wildman–Crippen LogP) is 2.09. The van der Waals surface area contributed by atoms with Crippen molar-refractivity contribution >= 4 is 5.91 Å². The number of nitrogens with zero attached hydrogens (tertiary/aromatic N) is 1. The van der Waals surface area contributed by atoms with Crippen LogP contribution in [0.5, 0.6) is 5.75 Å². The number of likely N-dealkylation sites (tertiary alicyclic amines) is 1. The molecule has 1 unspecified atom stereocenters. The van der Waals surface area contributed by atoms with Crippen molar-refractivity contribution in [1.29, 1.82) is 0 Å². The van der Waals surface area contributed by atoms with Gasteiger partial charge >= 0.3 is 0 Å². The number of hydrogen-bond acceptors (Lipinski definition) is 3. The van der Waals surface area contributed by atoms with E-state index in [-0.39, 0.29) is 11.5 Å². The second-order valence-electron chi connectivity index (χ2n) is 5.89. The highest BCUT2D eigenvalue weighted by atomic mass is 16.5. The zero-order chi connectivity index (χ0) is 16.2. The number of ether oxygens (including phenoxy) is 1. The Labute approximate surface area is 134 Å². The SMILES string of the molecule is COc1ccc(CC2CCN(C(=O)c3cccc(=O)[nH]3)C2)cc1. The lowest BCUT2D eigenvalue weighted by Crippen LogP contribution is -2.30. The summed E-state index contributed by atoms with van der Waals surface area (Å²) in [5.41, 5.74) is 1.37. The Kier molecular flexibility index (Phi) is 4.46. The molecule has 1 fully saturated rings. The molecule has 5 heteroatoms. The van der Waals surface area contributed by atoms with Gasteiger partial charge in [-0.3, -0.25) is 9.59 Å². The molecule has 0 radical (unpaired) electrons. The van der Waals surface area contributed by atoms with Gasteiger partial charge < -0.3 is 14.6 Å². The van der Waals surface area contributed by atoms with Crippen LogP contribution >= 0.6 is 0 Å². The zero-order valence-corrected chi connectivity index (χ0v) is 13.1. The molecule has 1 atom stereocenters. The number of nitrogens with one attached hydrogen (secondary N) is 1. The molecule has 3 rings (SSSR count). The van der Waals surface area contributed by atoms with E-state index < -0.39 is 0 Å². The van der Waals surface area contributed by atoms with Gasteiger partial charge in [-0.2, -0.15) is 0 Å². The molecule has 0 aliphatic carbocycles. The lowest BCUT2D eigenvalue weighted by atomic mass is 9.99. The first kappa shape index (κ1) is 15.3. The summed E-state index contributed by atoms with van der Waals surface area (Å²) in [4.78, 5) is 28.2. The largest absolute Gasteiger partial charge is 0.497 e. The van der Waals surface area contributed by atoms with E-state index in [4.69, 9.17) is 4.74 Å². The van der Waals surface area contributed by atoms with Crippen LogP contribution in [-0.4, -0.2) is 36.0 Å². The summed E-state index contributed by atoms with van der Waals surface area (Å²) in [6.45, 7) is 1.46. The minimum absolute atomic E-state index is 0.0973. The molecule has 2 heterocycles. The van der Waals surface area contributed by atoms with Crippen LogP contribution in [0.15, 0.2) is 47.3 Å². The van der Waals surface area contributed by atoms with Crippen LogP contribution in [0.1, 0.15) is 22.5 Å². The van der Waals surface area contributed by atoms with E-state index in [9.17, 15) is 9.59 Å². The quantitative estimate of drug-likeness (QED) is 0.940. The fourth-order valence-electron chi connectivity index (χ4n) is 3.02. The third-order valence-corrected chi connectivity index (χ3v) is 4.26. The number of pyridine rings is 1. The van der Waals surface area contributed by atoms with Crippen LogP contribution in [0, 0.1) is 5.92 Å². The first-order valence-corrected chi connectivity index (χ1v) is 7.77. The van der Waals surface area contributed by atoms with Gasteiger partial charge in [0.1, 0.15) is 11.4 Å². The van der Waals surface area contributed by atoms with Crippen molar-refractivity contribution in [3.05, 3.63) is 64.1 Å². The summed E-state index contributed by atoms with van der Waals surface area (Å²) in [7, 11) is 1.66. The molecule has 1 aliphatic rings. The molecule has 2 aromatic rings. The lowest BCUT2D eigenvalue weighted by Gasteiger charge is -2.16. The fourth-order valence-corrected chi connectivity index (χ4v) is 3.02. The summed E-state index contributed by atoms with van der Waals surface area (Å²) >= 11 is 0. The number of methoxy groups -OCH3 is 1. The number of carbonyl (C=O) groups is 1. The molecule has 1 aromatic carbocycles. The van der Waals surface area contributed by atoms with Gasteiger partial charge in [0, 0.05) is 19.2 Å². The highest BCUT2D eigenvalue weighted by molar-refractivity contribution is 5.92. The van der Waals surface area contributed by atoms with Crippen LogP contribution in [0.4, 0.5) is 0 Å². The van der Waals surface area contributed by atoms with Crippen LogP contribution in [-0.2, 0) is 6.42 Å². The Morgan fingerprint density at radius 3 is 2.74 bits per heavy atom. The smallest absolute Gasteiger partial charge is 0.270 e. The van der Waals surface area contributed by atoms with Crippen LogP contribution in [0.3, 0.4) is 0 Å². The number of amides is 1. The standard InChI is InChI=1S/C18H20N2O3/c1-23-15-7-5-13(6-8-15)11-14-9-10-20(12-14)18(22)16-3-2-4-17(21)19-16/h2-8,14H,9-12H2,1H3,(H,19,21). The number of benzene rings is 1. The second-order valence-corrected chi connectivity index (χ2v) is 5.89. The Morgan fingerprint density at radius 2 is 2.04 bits per heavy atom. The number of H-pyrrole nitrogens is 1. The molecule has 1 aromatic heterocycles. The zero-order valence-electron chi connectivity index (χ0n) is 13.1. The maximum absolute atomic E-state index is 12.4. The van der Waals surface area contributed by atoms with E-state index in [1.807, 2.05) is 17.0 Å². The van der Waals surface area contributed by atoms with Crippen molar-refractivity contribution in [2.24, 2.45) is 5.92 Å². The van der Waals surface area contributed by atoms with E-state index in [2.05, 4.69) is 17.1 Å². The van der Waals surface area contributed by atoms with E-state index in [0.717, 1.165) is 31.7 Å². The molecule has 120 valence electrons. The highest BCUT2D eigenvalue weighted by Crippen LogP contribution is 2.23. The summed E-state index contributed by atoms with van der Waals surface area (Å²) in [5.74, 6) is 1.20. The maximum atomic E-state index is 12.4. The van der Waals surface area contributed by atoms with Crippen LogP contribution < -0.4 is 10.3 Å². The van der Waals surface area contributed by atoms with Gasteiger partial charge in [-0.15, -0.1) is 0 Å². The molecule has 23 heavy (non-hydrogen) atoms. The van der Waals surface area contributed by atoms with Crippen molar-refractivity contribution in [2.45, 2.75) is 12.8 Å². The molecule has 1 amide bonds. The van der Waals surface area contributed by atoms with Crippen molar-refractivity contribution in [1.82, 2.24) is 9.88 Å². The minimum Gasteiger partial charge on any atom is -0.497 e. The van der Waals surface area contributed by atoms with Gasteiger partial charge in [0.2, 0.25) is 5.56 Å². The Bertz CT molecular complexity index is 736. The van der Waals surface area contributed by atoms with E-state index in [0.29, 0.717) is 11.6 Å². The number of hydrogen-bond donors (Lipinski definition) is 1. The van der Waals surface area contributed by atoms with Gasteiger partial charge in [-0.25, -0.2) is 0 Å². The van der Waals surface area contributed by atoms with Crippen molar-refractivity contribution in [3.8, 4) is 5.75 Å². The average molecular weight is 312 g/mol. The highest BCUT2D eigenvalue weighted by Gasteiger charge is 2.27. The van der Waals surface area contributed by atoms with E-state index in [1.165, 1.54) is 11.6 Å². The summed E-state index contributed by atoms with van der Waals surface area (Å²) < 4.78 is 5.16. The average Bonchev–Trinajstić information content (AvgIpc) is 3.03. The van der Waals surface area contributed by atoms with E-state index >= 15 is 0 Å². The Hall–Kier alpha value is -2.56. The third kappa shape index (κ3) is 3.62. The molecule has 0 saturated carbocycles. The second kappa shape index (κ2) is 6.69. The molecule has 1 aliphatic heterocycles. The normalized spacial score (nSPS) is 17.3. The number of rotatable bonds is 4. The number of carbonyl (C=O) groups excluding carboxylic acids is 1. The van der Waals surface area contributed by atoms with Crippen LogP contribution in [0.2, 0.25) is 0 Å².